The number of nitrogens with zero attached hydrogens (tertiary/aromatic N) is 4. The number of morpholine rings is 1. The zero-order valence-electron chi connectivity index (χ0n) is 21.3. The molecule has 2 aromatic heterocycles. The Hall–Kier alpha value is -4.36. The summed E-state index contributed by atoms with van der Waals surface area (Å²) in [7, 11) is 0. The maximum absolute atomic E-state index is 12.3. The Balaban J connectivity index is 1.14. The molecule has 1 N–H and O–H groups in total. The average Bonchev–Trinajstić information content (AvgIpc) is 3.36. The van der Waals surface area contributed by atoms with Gasteiger partial charge in [-0.15, -0.1) is 13.2 Å². The first-order valence-electron chi connectivity index (χ1n) is 12.5. The molecule has 0 saturated carbocycles. The summed E-state index contributed by atoms with van der Waals surface area (Å²) < 4.78 is 59.0. The standard InChI is InChI=1S/C27H26F3N5O5/c28-27(29,30)40-22-5-1-19(2-6-22)17-38-21-7-3-20(4-8-21)35-18-33-24-15-23(16-32-25(24)35)39-26(36)31-9-10-34-11-13-37-14-12-34/h1-8,15-16,18H,9-14,17H2,(H,31,36). The molecule has 13 heteroatoms. The molecule has 1 amide bonds. The molecule has 210 valence electrons. The van der Waals surface area contributed by atoms with Gasteiger partial charge in [-0.05, 0) is 42.0 Å². The van der Waals surface area contributed by atoms with Crippen molar-refractivity contribution in [2.45, 2.75) is 13.0 Å². The fraction of sp³-hybridized carbons (Fsp3) is 0.296. The molecule has 40 heavy (non-hydrogen) atoms. The quantitative estimate of drug-likeness (QED) is 0.325. The topological polar surface area (TPSA) is 100.0 Å². The highest BCUT2D eigenvalue weighted by molar-refractivity contribution is 5.76. The van der Waals surface area contributed by atoms with Crippen LogP contribution in [0.3, 0.4) is 0 Å². The number of nitrogens with one attached hydrogen (secondary N) is 1. The molecule has 0 unspecified atom stereocenters. The molecule has 5 rings (SSSR count). The van der Waals surface area contributed by atoms with Crippen molar-refractivity contribution in [3.05, 3.63) is 72.7 Å². The number of aromatic nitrogens is 3. The van der Waals surface area contributed by atoms with E-state index in [0.29, 0.717) is 42.2 Å². The van der Waals surface area contributed by atoms with Gasteiger partial charge in [0.1, 0.15) is 29.9 Å². The monoisotopic (exact) mass is 557 g/mol. The molecule has 0 atom stereocenters. The zero-order valence-corrected chi connectivity index (χ0v) is 21.3. The van der Waals surface area contributed by atoms with Crippen LogP contribution < -0.4 is 19.5 Å². The third-order valence-electron chi connectivity index (χ3n) is 6.05. The van der Waals surface area contributed by atoms with Crippen molar-refractivity contribution in [2.24, 2.45) is 0 Å². The summed E-state index contributed by atoms with van der Waals surface area (Å²) in [5.41, 5.74) is 2.60. The van der Waals surface area contributed by atoms with Crippen molar-refractivity contribution in [1.29, 1.82) is 0 Å². The van der Waals surface area contributed by atoms with Crippen molar-refractivity contribution in [3.63, 3.8) is 0 Å². The van der Waals surface area contributed by atoms with Crippen LogP contribution >= 0.6 is 0 Å². The fourth-order valence-electron chi connectivity index (χ4n) is 4.07. The number of amides is 1. The number of fused-ring (bicyclic) bond motifs is 1. The molecule has 1 aliphatic heterocycles. The van der Waals surface area contributed by atoms with Crippen molar-refractivity contribution < 1.29 is 36.9 Å². The molecule has 0 radical (unpaired) electrons. The summed E-state index contributed by atoms with van der Waals surface area (Å²) in [4.78, 5) is 23.2. The molecule has 0 aliphatic carbocycles. The van der Waals surface area contributed by atoms with Crippen LogP contribution in [-0.2, 0) is 11.3 Å². The van der Waals surface area contributed by atoms with Crippen LogP contribution in [-0.4, -0.2) is 71.3 Å². The lowest BCUT2D eigenvalue weighted by atomic mass is 10.2. The van der Waals surface area contributed by atoms with Gasteiger partial charge in [0.05, 0.1) is 19.4 Å². The van der Waals surface area contributed by atoms with Crippen LogP contribution in [0.4, 0.5) is 18.0 Å². The normalized spacial score (nSPS) is 14.2. The van der Waals surface area contributed by atoms with Crippen LogP contribution in [0.2, 0.25) is 0 Å². The Morgan fingerprint density at radius 1 is 0.975 bits per heavy atom. The van der Waals surface area contributed by atoms with E-state index in [-0.39, 0.29) is 18.1 Å². The Bertz CT molecular complexity index is 1420. The lowest BCUT2D eigenvalue weighted by Crippen LogP contribution is -2.41. The second kappa shape index (κ2) is 12.2. The summed E-state index contributed by atoms with van der Waals surface area (Å²) in [6.07, 6.45) is -2.21. The number of halogens is 3. The number of rotatable bonds is 9. The smallest absolute Gasteiger partial charge is 0.489 e. The number of imidazole rings is 1. The van der Waals surface area contributed by atoms with Crippen LogP contribution in [0.25, 0.3) is 16.9 Å². The SMILES string of the molecule is O=C(NCCN1CCOCC1)Oc1cnc2c(c1)ncn2-c1ccc(OCc2ccc(OC(F)(F)F)cc2)cc1. The van der Waals surface area contributed by atoms with Gasteiger partial charge in [0.15, 0.2) is 11.4 Å². The Morgan fingerprint density at radius 2 is 1.70 bits per heavy atom. The predicted octanol–water partition coefficient (Wildman–Crippen LogP) is 4.32. The molecular weight excluding hydrogens is 531 g/mol. The van der Waals surface area contributed by atoms with Crippen molar-refractivity contribution in [3.8, 4) is 22.9 Å². The number of hydrogen-bond donors (Lipinski definition) is 1. The molecular formula is C27H26F3N5O5. The van der Waals surface area contributed by atoms with Gasteiger partial charge in [0.2, 0.25) is 0 Å². The van der Waals surface area contributed by atoms with E-state index >= 15 is 0 Å². The maximum Gasteiger partial charge on any atom is 0.573 e. The first-order chi connectivity index (χ1) is 19.3. The van der Waals surface area contributed by atoms with E-state index < -0.39 is 12.5 Å². The van der Waals surface area contributed by atoms with Crippen molar-refractivity contribution in [2.75, 3.05) is 39.4 Å². The molecule has 1 fully saturated rings. The van der Waals surface area contributed by atoms with Gasteiger partial charge in [0, 0.05) is 37.9 Å². The number of carbonyl (C=O) groups excluding carboxylic acids is 1. The van der Waals surface area contributed by atoms with Crippen LogP contribution in [0, 0.1) is 0 Å². The molecule has 10 nitrogen and oxygen atoms in total. The summed E-state index contributed by atoms with van der Waals surface area (Å²) in [6, 6.07) is 14.3. The first-order valence-corrected chi connectivity index (χ1v) is 12.5. The van der Waals surface area contributed by atoms with Gasteiger partial charge in [-0.25, -0.2) is 14.8 Å². The predicted molar refractivity (Wildman–Crippen MR) is 138 cm³/mol. The van der Waals surface area contributed by atoms with Gasteiger partial charge in [-0.3, -0.25) is 9.47 Å². The lowest BCUT2D eigenvalue weighted by Gasteiger charge is -2.26. The Morgan fingerprint density at radius 3 is 2.42 bits per heavy atom. The lowest BCUT2D eigenvalue weighted by molar-refractivity contribution is -0.274. The number of pyridine rings is 1. The largest absolute Gasteiger partial charge is 0.573 e. The third-order valence-corrected chi connectivity index (χ3v) is 6.05. The number of hydrogen-bond acceptors (Lipinski definition) is 8. The second-order valence-electron chi connectivity index (χ2n) is 8.87. The summed E-state index contributed by atoms with van der Waals surface area (Å²) in [5.74, 6) is 0.568. The minimum Gasteiger partial charge on any atom is -0.489 e. The van der Waals surface area contributed by atoms with Crippen LogP contribution in [0.15, 0.2) is 67.1 Å². The number of alkyl halides is 3. The van der Waals surface area contributed by atoms with Gasteiger partial charge in [-0.1, -0.05) is 12.1 Å². The zero-order chi connectivity index (χ0) is 28.0. The van der Waals surface area contributed by atoms with E-state index in [1.54, 1.807) is 29.1 Å². The maximum atomic E-state index is 12.3. The van der Waals surface area contributed by atoms with E-state index in [1.165, 1.54) is 30.5 Å². The van der Waals surface area contributed by atoms with E-state index in [9.17, 15) is 18.0 Å². The summed E-state index contributed by atoms with van der Waals surface area (Å²) in [5, 5.41) is 2.74. The number of ether oxygens (including phenoxy) is 4. The van der Waals surface area contributed by atoms with Gasteiger partial charge in [-0.2, -0.15) is 0 Å². The molecule has 0 bridgehead atoms. The molecule has 3 heterocycles. The summed E-state index contributed by atoms with van der Waals surface area (Å²) >= 11 is 0. The average molecular weight is 558 g/mol. The summed E-state index contributed by atoms with van der Waals surface area (Å²) in [6.45, 7) is 4.44. The van der Waals surface area contributed by atoms with Crippen molar-refractivity contribution >= 4 is 17.3 Å². The highest BCUT2D eigenvalue weighted by atomic mass is 19.4. The molecule has 1 aliphatic rings. The highest BCUT2D eigenvalue weighted by Crippen LogP contribution is 2.25. The van der Waals surface area contributed by atoms with Crippen molar-refractivity contribution in [1.82, 2.24) is 24.8 Å². The van der Waals surface area contributed by atoms with E-state index in [2.05, 4.69) is 24.9 Å². The van der Waals surface area contributed by atoms with Crippen LogP contribution in [0.5, 0.6) is 17.2 Å². The number of benzene rings is 2. The van der Waals surface area contributed by atoms with Crippen LogP contribution in [0.1, 0.15) is 5.56 Å². The van der Waals surface area contributed by atoms with E-state index in [0.717, 1.165) is 25.3 Å². The minimum atomic E-state index is -4.73. The molecule has 1 saturated heterocycles. The Kier molecular flexibility index (Phi) is 8.31. The second-order valence-corrected chi connectivity index (χ2v) is 8.87. The van der Waals surface area contributed by atoms with E-state index in [4.69, 9.17) is 14.2 Å². The fourth-order valence-corrected chi connectivity index (χ4v) is 4.07. The van der Waals surface area contributed by atoms with Gasteiger partial charge in [0.25, 0.3) is 0 Å². The third kappa shape index (κ3) is 7.39. The number of carbonyl (C=O) groups is 1. The highest BCUT2D eigenvalue weighted by Gasteiger charge is 2.30. The van der Waals surface area contributed by atoms with Gasteiger partial charge >= 0.3 is 12.5 Å². The first kappa shape index (κ1) is 27.2. The van der Waals surface area contributed by atoms with E-state index in [1.807, 2.05) is 12.1 Å². The van der Waals surface area contributed by atoms with Gasteiger partial charge < -0.3 is 24.3 Å². The molecule has 4 aromatic rings. The Labute approximate surface area is 227 Å². The minimum absolute atomic E-state index is 0.171. The molecule has 2 aromatic carbocycles. The molecule has 0 spiro atoms.